The van der Waals surface area contributed by atoms with Crippen LogP contribution in [-0.2, 0) is 0 Å². The van der Waals surface area contributed by atoms with E-state index in [4.69, 9.17) is 0 Å². The van der Waals surface area contributed by atoms with Crippen molar-refractivity contribution in [3.63, 3.8) is 0 Å². The molecule has 2 atom stereocenters. The minimum atomic E-state index is 0.736. The molecule has 20 heavy (non-hydrogen) atoms. The Morgan fingerprint density at radius 3 is 2.30 bits per heavy atom. The predicted octanol–water partition coefficient (Wildman–Crippen LogP) is 3.95. The van der Waals surface area contributed by atoms with E-state index < -0.39 is 0 Å². The molecule has 3 aliphatic rings. The van der Waals surface area contributed by atoms with E-state index in [0.717, 1.165) is 23.5 Å². The van der Waals surface area contributed by atoms with Crippen LogP contribution in [0.1, 0.15) is 78.1 Å². The summed E-state index contributed by atoms with van der Waals surface area (Å²) in [5.41, 5.74) is 0.788. The van der Waals surface area contributed by atoms with Crippen LogP contribution in [0, 0.1) is 5.41 Å². The van der Waals surface area contributed by atoms with Gasteiger partial charge in [0.2, 0.25) is 0 Å². The molecule has 0 bridgehead atoms. The molecule has 3 fully saturated rings. The molecule has 2 nitrogen and oxygen atoms in total. The number of rotatable bonds is 3. The summed E-state index contributed by atoms with van der Waals surface area (Å²) in [4.78, 5) is 2.90. The monoisotopic (exact) mass is 278 g/mol. The van der Waals surface area contributed by atoms with E-state index in [1.165, 1.54) is 77.3 Å². The minimum Gasteiger partial charge on any atom is -0.311 e. The summed E-state index contributed by atoms with van der Waals surface area (Å²) in [5, 5.41) is 3.75. The SMILES string of the molecule is CCC1CN(C2CCC3(CCCC3)CC2)C(CC)CN1. The van der Waals surface area contributed by atoms with Crippen LogP contribution in [0.3, 0.4) is 0 Å². The average Bonchev–Trinajstić information content (AvgIpc) is 2.95. The predicted molar refractivity (Wildman–Crippen MR) is 86.0 cm³/mol. The molecule has 2 unspecified atom stereocenters. The standard InChI is InChI=1S/C18H34N2/c1-3-15-14-20(16(4-2)13-19-15)17-7-11-18(12-8-17)9-5-6-10-18/h15-17,19H,3-14H2,1-2H3. The molecule has 1 aliphatic heterocycles. The second kappa shape index (κ2) is 6.36. The summed E-state index contributed by atoms with van der Waals surface area (Å²) in [5.74, 6) is 0. The van der Waals surface area contributed by atoms with Crippen molar-refractivity contribution in [1.29, 1.82) is 0 Å². The Labute approximate surface area is 125 Å². The smallest absolute Gasteiger partial charge is 0.0221 e. The van der Waals surface area contributed by atoms with Crippen molar-refractivity contribution in [3.05, 3.63) is 0 Å². The van der Waals surface area contributed by atoms with Crippen molar-refractivity contribution in [2.45, 2.75) is 96.2 Å². The minimum absolute atomic E-state index is 0.736. The van der Waals surface area contributed by atoms with E-state index in [1.807, 2.05) is 0 Å². The van der Waals surface area contributed by atoms with Crippen LogP contribution < -0.4 is 5.32 Å². The number of nitrogens with zero attached hydrogens (tertiary/aromatic N) is 1. The lowest BCUT2D eigenvalue weighted by Gasteiger charge is -2.48. The van der Waals surface area contributed by atoms with Gasteiger partial charge in [0.25, 0.3) is 0 Å². The molecule has 0 amide bonds. The van der Waals surface area contributed by atoms with E-state index in [0.29, 0.717) is 0 Å². The van der Waals surface area contributed by atoms with Gasteiger partial charge in [0.15, 0.2) is 0 Å². The summed E-state index contributed by atoms with van der Waals surface area (Å²) in [6.07, 6.45) is 14.7. The highest BCUT2D eigenvalue weighted by atomic mass is 15.3. The maximum Gasteiger partial charge on any atom is 0.0221 e. The molecule has 2 heteroatoms. The van der Waals surface area contributed by atoms with Gasteiger partial charge in [0.05, 0.1) is 0 Å². The normalized spacial score (nSPS) is 35.7. The molecule has 2 aliphatic carbocycles. The summed E-state index contributed by atoms with van der Waals surface area (Å²) >= 11 is 0. The Balaban J connectivity index is 1.60. The van der Waals surface area contributed by atoms with Gasteiger partial charge in [-0.1, -0.05) is 26.7 Å². The number of piperazine rings is 1. The quantitative estimate of drug-likeness (QED) is 0.841. The fourth-order valence-corrected chi connectivity index (χ4v) is 5.16. The maximum absolute atomic E-state index is 3.75. The van der Waals surface area contributed by atoms with Crippen molar-refractivity contribution >= 4 is 0 Å². The van der Waals surface area contributed by atoms with Crippen LogP contribution in [-0.4, -0.2) is 36.1 Å². The van der Waals surface area contributed by atoms with E-state index in [9.17, 15) is 0 Å². The first-order valence-electron chi connectivity index (χ1n) is 9.25. The summed E-state index contributed by atoms with van der Waals surface area (Å²) < 4.78 is 0. The second-order valence-electron chi connectivity index (χ2n) is 7.71. The molecule has 3 rings (SSSR count). The van der Waals surface area contributed by atoms with Crippen molar-refractivity contribution in [2.75, 3.05) is 13.1 Å². The lowest BCUT2D eigenvalue weighted by atomic mass is 9.71. The Morgan fingerprint density at radius 2 is 1.70 bits per heavy atom. The van der Waals surface area contributed by atoms with Gasteiger partial charge >= 0.3 is 0 Å². The highest BCUT2D eigenvalue weighted by Crippen LogP contribution is 2.49. The summed E-state index contributed by atoms with van der Waals surface area (Å²) in [6, 6.07) is 2.42. The number of hydrogen-bond donors (Lipinski definition) is 1. The molecule has 0 radical (unpaired) electrons. The molecule has 1 heterocycles. The van der Waals surface area contributed by atoms with Crippen molar-refractivity contribution in [2.24, 2.45) is 5.41 Å². The molecule has 2 saturated carbocycles. The fourth-order valence-electron chi connectivity index (χ4n) is 5.16. The zero-order chi connectivity index (χ0) is 14.0. The highest BCUT2D eigenvalue weighted by molar-refractivity contribution is 4.95. The van der Waals surface area contributed by atoms with Gasteiger partial charge in [0.1, 0.15) is 0 Å². The third-order valence-corrected chi connectivity index (χ3v) is 6.66. The molecular weight excluding hydrogens is 244 g/mol. The van der Waals surface area contributed by atoms with Gasteiger partial charge in [-0.2, -0.15) is 0 Å². The van der Waals surface area contributed by atoms with Crippen LogP contribution in [0.15, 0.2) is 0 Å². The molecule has 0 aromatic heterocycles. The topological polar surface area (TPSA) is 15.3 Å². The van der Waals surface area contributed by atoms with Crippen molar-refractivity contribution in [3.8, 4) is 0 Å². The maximum atomic E-state index is 3.75. The molecule has 1 spiro atoms. The van der Waals surface area contributed by atoms with Crippen molar-refractivity contribution in [1.82, 2.24) is 10.2 Å². The van der Waals surface area contributed by atoms with E-state index in [-0.39, 0.29) is 0 Å². The molecule has 1 saturated heterocycles. The Morgan fingerprint density at radius 1 is 1.00 bits per heavy atom. The first kappa shape index (κ1) is 14.8. The lowest BCUT2D eigenvalue weighted by Crippen LogP contribution is -2.59. The van der Waals surface area contributed by atoms with Gasteiger partial charge in [0, 0.05) is 31.2 Å². The van der Waals surface area contributed by atoms with E-state index >= 15 is 0 Å². The molecular formula is C18H34N2. The third-order valence-electron chi connectivity index (χ3n) is 6.66. The van der Waals surface area contributed by atoms with Gasteiger partial charge < -0.3 is 5.32 Å². The van der Waals surface area contributed by atoms with Crippen LogP contribution in [0.5, 0.6) is 0 Å². The Bertz CT molecular complexity index is 299. The van der Waals surface area contributed by atoms with Crippen LogP contribution in [0.2, 0.25) is 0 Å². The largest absolute Gasteiger partial charge is 0.311 e. The fraction of sp³-hybridized carbons (Fsp3) is 1.00. The molecule has 116 valence electrons. The van der Waals surface area contributed by atoms with Crippen molar-refractivity contribution < 1.29 is 0 Å². The lowest BCUT2D eigenvalue weighted by molar-refractivity contribution is 0.0310. The van der Waals surface area contributed by atoms with E-state index in [2.05, 4.69) is 24.1 Å². The Hall–Kier alpha value is -0.0800. The summed E-state index contributed by atoms with van der Waals surface area (Å²) in [6.45, 7) is 7.22. The average molecular weight is 278 g/mol. The zero-order valence-corrected chi connectivity index (χ0v) is 13.7. The number of nitrogens with one attached hydrogen (secondary N) is 1. The third kappa shape index (κ3) is 2.92. The van der Waals surface area contributed by atoms with Gasteiger partial charge in [-0.15, -0.1) is 0 Å². The Kier molecular flexibility index (Phi) is 4.72. The molecule has 0 aromatic carbocycles. The van der Waals surface area contributed by atoms with Gasteiger partial charge in [-0.3, -0.25) is 4.90 Å². The molecule has 1 N–H and O–H groups in total. The zero-order valence-electron chi connectivity index (χ0n) is 13.7. The van der Waals surface area contributed by atoms with Gasteiger partial charge in [-0.05, 0) is 56.8 Å². The number of hydrogen-bond acceptors (Lipinski definition) is 2. The molecule has 0 aromatic rings. The van der Waals surface area contributed by atoms with Crippen LogP contribution in [0.4, 0.5) is 0 Å². The van der Waals surface area contributed by atoms with E-state index in [1.54, 1.807) is 0 Å². The van der Waals surface area contributed by atoms with Crippen LogP contribution in [0.25, 0.3) is 0 Å². The second-order valence-corrected chi connectivity index (χ2v) is 7.71. The van der Waals surface area contributed by atoms with Gasteiger partial charge in [-0.25, -0.2) is 0 Å². The van der Waals surface area contributed by atoms with Crippen LogP contribution >= 0.6 is 0 Å². The first-order valence-corrected chi connectivity index (χ1v) is 9.25. The summed E-state index contributed by atoms with van der Waals surface area (Å²) in [7, 11) is 0. The first-order chi connectivity index (χ1) is 9.76. The highest BCUT2D eigenvalue weighted by Gasteiger charge is 2.40.